The van der Waals surface area contributed by atoms with E-state index >= 15 is 0 Å². The molecule has 0 bridgehead atoms. The highest BCUT2D eigenvalue weighted by Gasteiger charge is 2.20. The number of likely N-dealkylation sites (tertiary alicyclic amines) is 1. The number of hydrogen-bond donors (Lipinski definition) is 1. The van der Waals surface area contributed by atoms with Gasteiger partial charge in [0.2, 0.25) is 0 Å². The molecule has 0 aromatic rings. The zero-order chi connectivity index (χ0) is 13.5. The number of aliphatic imine (C=N–C) groups is 1. The molecule has 0 spiro atoms. The fourth-order valence-electron chi connectivity index (χ4n) is 2.64. The smallest absolute Gasteiger partial charge is 0.194 e. The van der Waals surface area contributed by atoms with Crippen LogP contribution in [0.4, 0.5) is 0 Å². The van der Waals surface area contributed by atoms with Crippen molar-refractivity contribution in [2.24, 2.45) is 10.9 Å². The molecule has 0 aromatic heterocycles. The molecule has 19 heavy (non-hydrogen) atoms. The van der Waals surface area contributed by atoms with E-state index < -0.39 is 0 Å². The van der Waals surface area contributed by atoms with Crippen molar-refractivity contribution in [2.45, 2.75) is 32.8 Å². The highest BCUT2D eigenvalue weighted by Crippen LogP contribution is 2.15. The minimum Gasteiger partial charge on any atom is -0.376 e. The highest BCUT2D eigenvalue weighted by atomic mass is 16.6. The number of hydrogen-bond acceptors (Lipinski definition) is 3. The lowest BCUT2D eigenvalue weighted by molar-refractivity contribution is -0.0833. The molecule has 110 valence electrons. The van der Waals surface area contributed by atoms with Crippen LogP contribution in [0.1, 0.15) is 26.7 Å². The summed E-state index contributed by atoms with van der Waals surface area (Å²) in [7, 11) is 0. The van der Waals surface area contributed by atoms with Gasteiger partial charge in [0.05, 0.1) is 26.4 Å². The molecule has 2 aliphatic rings. The standard InChI is InChI=1S/C14H27N3O2/c1-3-15-14(17-6-4-5-12(2)10-17)16-9-13-11-18-7-8-19-13/h12-13H,3-11H2,1-2H3,(H,15,16). The molecular weight excluding hydrogens is 242 g/mol. The Balaban J connectivity index is 1.89. The number of rotatable bonds is 3. The Labute approximate surface area is 116 Å². The van der Waals surface area contributed by atoms with Crippen molar-refractivity contribution < 1.29 is 9.47 Å². The summed E-state index contributed by atoms with van der Waals surface area (Å²) in [5.74, 6) is 1.79. The fourth-order valence-corrected chi connectivity index (χ4v) is 2.64. The normalized spacial score (nSPS) is 29.4. The predicted molar refractivity (Wildman–Crippen MR) is 76.5 cm³/mol. The van der Waals surface area contributed by atoms with E-state index in [0.717, 1.165) is 31.5 Å². The van der Waals surface area contributed by atoms with Crippen LogP contribution in [0.5, 0.6) is 0 Å². The van der Waals surface area contributed by atoms with Gasteiger partial charge in [0.15, 0.2) is 5.96 Å². The van der Waals surface area contributed by atoms with Crippen LogP contribution in [-0.4, -0.2) is 63.0 Å². The van der Waals surface area contributed by atoms with Crippen LogP contribution in [0.25, 0.3) is 0 Å². The molecule has 2 fully saturated rings. The monoisotopic (exact) mass is 269 g/mol. The van der Waals surface area contributed by atoms with Crippen molar-refractivity contribution in [1.29, 1.82) is 0 Å². The third-order valence-electron chi connectivity index (χ3n) is 3.62. The highest BCUT2D eigenvalue weighted by molar-refractivity contribution is 5.80. The molecule has 2 atom stereocenters. The summed E-state index contributed by atoms with van der Waals surface area (Å²) >= 11 is 0. The molecule has 2 rings (SSSR count). The predicted octanol–water partition coefficient (Wildman–Crippen LogP) is 1.10. The number of nitrogens with one attached hydrogen (secondary N) is 1. The lowest BCUT2D eigenvalue weighted by atomic mass is 10.0. The average molecular weight is 269 g/mol. The minimum absolute atomic E-state index is 0.115. The van der Waals surface area contributed by atoms with Crippen LogP contribution in [0.3, 0.4) is 0 Å². The summed E-state index contributed by atoms with van der Waals surface area (Å²) in [4.78, 5) is 7.10. The molecular formula is C14H27N3O2. The minimum atomic E-state index is 0.115. The molecule has 0 aliphatic carbocycles. The Morgan fingerprint density at radius 2 is 2.32 bits per heavy atom. The summed E-state index contributed by atoms with van der Waals surface area (Å²) in [5.41, 5.74) is 0. The first-order valence-corrected chi connectivity index (χ1v) is 7.52. The maximum Gasteiger partial charge on any atom is 0.194 e. The maximum absolute atomic E-state index is 5.64. The van der Waals surface area contributed by atoms with Crippen molar-refractivity contribution in [3.8, 4) is 0 Å². The molecule has 5 heteroatoms. The van der Waals surface area contributed by atoms with E-state index in [4.69, 9.17) is 14.5 Å². The first-order chi connectivity index (χ1) is 9.29. The van der Waals surface area contributed by atoms with Gasteiger partial charge in [0, 0.05) is 19.6 Å². The van der Waals surface area contributed by atoms with Gasteiger partial charge < -0.3 is 19.7 Å². The second-order valence-electron chi connectivity index (χ2n) is 5.46. The zero-order valence-corrected chi connectivity index (χ0v) is 12.2. The summed E-state index contributed by atoms with van der Waals surface area (Å²) in [5, 5.41) is 3.39. The first-order valence-electron chi connectivity index (χ1n) is 7.52. The summed E-state index contributed by atoms with van der Waals surface area (Å²) in [6.45, 7) is 10.3. The van der Waals surface area contributed by atoms with E-state index in [1.165, 1.54) is 12.8 Å². The van der Waals surface area contributed by atoms with E-state index in [2.05, 4.69) is 24.1 Å². The van der Waals surface area contributed by atoms with E-state index in [1.54, 1.807) is 0 Å². The van der Waals surface area contributed by atoms with Gasteiger partial charge in [-0.1, -0.05) is 6.92 Å². The number of ether oxygens (including phenoxy) is 2. The van der Waals surface area contributed by atoms with Gasteiger partial charge in [0.25, 0.3) is 0 Å². The molecule has 1 N–H and O–H groups in total. The van der Waals surface area contributed by atoms with Gasteiger partial charge in [-0.15, -0.1) is 0 Å². The van der Waals surface area contributed by atoms with E-state index in [9.17, 15) is 0 Å². The largest absolute Gasteiger partial charge is 0.376 e. The van der Waals surface area contributed by atoms with Crippen molar-refractivity contribution >= 4 is 5.96 Å². The Morgan fingerprint density at radius 1 is 1.42 bits per heavy atom. The molecule has 2 unspecified atom stereocenters. The zero-order valence-electron chi connectivity index (χ0n) is 12.2. The molecule has 2 saturated heterocycles. The van der Waals surface area contributed by atoms with Crippen LogP contribution in [0.2, 0.25) is 0 Å². The van der Waals surface area contributed by atoms with Crippen LogP contribution in [0, 0.1) is 5.92 Å². The number of piperidine rings is 1. The molecule has 0 radical (unpaired) electrons. The third kappa shape index (κ3) is 4.66. The summed E-state index contributed by atoms with van der Waals surface area (Å²) < 4.78 is 11.0. The molecule has 2 aliphatic heterocycles. The van der Waals surface area contributed by atoms with Gasteiger partial charge in [0.1, 0.15) is 6.10 Å². The molecule has 0 amide bonds. The second kappa shape index (κ2) is 7.70. The SMILES string of the molecule is CCNC(=NCC1COCCO1)N1CCCC(C)C1. The van der Waals surface area contributed by atoms with Gasteiger partial charge in [-0.3, -0.25) is 4.99 Å². The van der Waals surface area contributed by atoms with Crippen molar-refractivity contribution in [1.82, 2.24) is 10.2 Å². The Bertz CT molecular complexity index is 290. The lowest BCUT2D eigenvalue weighted by Gasteiger charge is -2.34. The number of nitrogens with zero attached hydrogens (tertiary/aromatic N) is 2. The first kappa shape index (κ1) is 14.6. The Kier molecular flexibility index (Phi) is 5.92. The van der Waals surface area contributed by atoms with Gasteiger partial charge in [-0.25, -0.2) is 0 Å². The van der Waals surface area contributed by atoms with Crippen molar-refractivity contribution in [3.63, 3.8) is 0 Å². The van der Waals surface area contributed by atoms with E-state index in [0.29, 0.717) is 26.4 Å². The third-order valence-corrected chi connectivity index (χ3v) is 3.62. The van der Waals surface area contributed by atoms with Crippen molar-refractivity contribution in [3.05, 3.63) is 0 Å². The summed E-state index contributed by atoms with van der Waals surface area (Å²) in [6.07, 6.45) is 2.70. The Morgan fingerprint density at radius 3 is 3.00 bits per heavy atom. The molecule has 0 aromatic carbocycles. The maximum atomic E-state index is 5.64. The van der Waals surface area contributed by atoms with Crippen LogP contribution < -0.4 is 5.32 Å². The molecule has 2 heterocycles. The molecule has 0 saturated carbocycles. The number of guanidine groups is 1. The second-order valence-corrected chi connectivity index (χ2v) is 5.46. The lowest BCUT2D eigenvalue weighted by Crippen LogP contribution is -2.46. The van der Waals surface area contributed by atoms with E-state index in [1.807, 2.05) is 0 Å². The summed E-state index contributed by atoms with van der Waals surface area (Å²) in [6, 6.07) is 0. The topological polar surface area (TPSA) is 46.1 Å². The van der Waals surface area contributed by atoms with Crippen LogP contribution in [0.15, 0.2) is 4.99 Å². The van der Waals surface area contributed by atoms with Gasteiger partial charge >= 0.3 is 0 Å². The quantitative estimate of drug-likeness (QED) is 0.615. The van der Waals surface area contributed by atoms with E-state index in [-0.39, 0.29) is 6.10 Å². The fraction of sp³-hybridized carbons (Fsp3) is 0.929. The van der Waals surface area contributed by atoms with Crippen LogP contribution in [-0.2, 0) is 9.47 Å². The van der Waals surface area contributed by atoms with Crippen LogP contribution >= 0.6 is 0 Å². The van der Waals surface area contributed by atoms with Gasteiger partial charge in [-0.2, -0.15) is 0 Å². The van der Waals surface area contributed by atoms with Crippen molar-refractivity contribution in [2.75, 3.05) is 46.0 Å². The van der Waals surface area contributed by atoms with Gasteiger partial charge in [-0.05, 0) is 25.7 Å². The Hall–Kier alpha value is -0.810. The average Bonchev–Trinajstić information content (AvgIpc) is 2.44. The molecule has 5 nitrogen and oxygen atoms in total.